The lowest BCUT2D eigenvalue weighted by Gasteiger charge is -2.40. The summed E-state index contributed by atoms with van der Waals surface area (Å²) in [4.78, 5) is 0.331. The fraction of sp³-hybridized carbons (Fsp3) is 0.571. The number of para-hydroxylation sites is 1. The van der Waals surface area contributed by atoms with Crippen LogP contribution in [0.4, 0.5) is 5.69 Å². The molecule has 2 rings (SSSR count). The van der Waals surface area contributed by atoms with E-state index >= 15 is 0 Å². The standard InChI is InChI=1S/C14H22N2O2S2/c1-3-16-20(17,18)13-8-5-4-7-12(13)15-11-14(19-2)9-6-10-14/h4-5,7-8,15-16H,3,6,9-11H2,1-2H3. The lowest BCUT2D eigenvalue weighted by molar-refractivity contribution is 0.379. The topological polar surface area (TPSA) is 58.2 Å². The molecule has 0 amide bonds. The summed E-state index contributed by atoms with van der Waals surface area (Å²) >= 11 is 1.87. The van der Waals surface area contributed by atoms with Gasteiger partial charge in [-0.25, -0.2) is 13.1 Å². The highest BCUT2D eigenvalue weighted by Gasteiger charge is 2.36. The molecule has 0 spiro atoms. The maximum Gasteiger partial charge on any atom is 0.242 e. The van der Waals surface area contributed by atoms with Gasteiger partial charge in [0.25, 0.3) is 0 Å². The van der Waals surface area contributed by atoms with Crippen molar-refractivity contribution in [1.29, 1.82) is 0 Å². The number of anilines is 1. The van der Waals surface area contributed by atoms with Crippen LogP contribution in [0.1, 0.15) is 26.2 Å². The molecule has 0 aromatic heterocycles. The van der Waals surface area contributed by atoms with Crippen LogP contribution in [0.3, 0.4) is 0 Å². The normalized spacial score (nSPS) is 17.5. The summed E-state index contributed by atoms with van der Waals surface area (Å²) in [5.41, 5.74) is 0.689. The monoisotopic (exact) mass is 314 g/mol. The third kappa shape index (κ3) is 3.30. The molecule has 20 heavy (non-hydrogen) atoms. The van der Waals surface area contributed by atoms with Crippen LogP contribution >= 0.6 is 11.8 Å². The van der Waals surface area contributed by atoms with Crippen LogP contribution < -0.4 is 10.0 Å². The van der Waals surface area contributed by atoms with E-state index in [0.717, 1.165) is 6.54 Å². The average Bonchev–Trinajstić information content (AvgIpc) is 2.38. The van der Waals surface area contributed by atoms with Crippen molar-refractivity contribution >= 4 is 27.5 Å². The summed E-state index contributed by atoms with van der Waals surface area (Å²) in [7, 11) is -3.42. The quantitative estimate of drug-likeness (QED) is 0.812. The molecule has 1 aromatic rings. The van der Waals surface area contributed by atoms with E-state index in [1.165, 1.54) is 19.3 Å². The Labute approximate surface area is 125 Å². The summed E-state index contributed by atoms with van der Waals surface area (Å²) in [6.45, 7) is 2.99. The molecule has 1 aliphatic carbocycles. The second-order valence-electron chi connectivity index (χ2n) is 5.09. The van der Waals surface area contributed by atoms with Gasteiger partial charge in [-0.05, 0) is 31.2 Å². The molecule has 1 aliphatic rings. The second kappa shape index (κ2) is 6.37. The molecule has 1 aromatic carbocycles. The smallest absolute Gasteiger partial charge is 0.242 e. The van der Waals surface area contributed by atoms with Gasteiger partial charge in [-0.2, -0.15) is 11.8 Å². The van der Waals surface area contributed by atoms with E-state index in [0.29, 0.717) is 17.1 Å². The summed E-state index contributed by atoms with van der Waals surface area (Å²) in [6, 6.07) is 7.09. The van der Waals surface area contributed by atoms with Gasteiger partial charge in [0.15, 0.2) is 0 Å². The zero-order valence-corrected chi connectivity index (χ0v) is 13.6. The van der Waals surface area contributed by atoms with E-state index < -0.39 is 10.0 Å². The average molecular weight is 314 g/mol. The predicted molar refractivity (Wildman–Crippen MR) is 85.9 cm³/mol. The van der Waals surface area contributed by atoms with Crippen molar-refractivity contribution in [1.82, 2.24) is 4.72 Å². The van der Waals surface area contributed by atoms with Crippen molar-refractivity contribution in [3.63, 3.8) is 0 Å². The molecule has 0 unspecified atom stereocenters. The molecule has 0 bridgehead atoms. The highest BCUT2D eigenvalue weighted by molar-refractivity contribution is 8.00. The van der Waals surface area contributed by atoms with Gasteiger partial charge >= 0.3 is 0 Å². The number of rotatable bonds is 7. The van der Waals surface area contributed by atoms with Gasteiger partial charge in [0.1, 0.15) is 4.90 Å². The SMILES string of the molecule is CCNS(=O)(=O)c1ccccc1NCC1(SC)CCC1. The minimum Gasteiger partial charge on any atom is -0.383 e. The lowest BCUT2D eigenvalue weighted by Crippen LogP contribution is -2.40. The molecule has 2 N–H and O–H groups in total. The molecule has 0 atom stereocenters. The first-order chi connectivity index (χ1) is 9.53. The van der Waals surface area contributed by atoms with Gasteiger partial charge in [-0.1, -0.05) is 25.5 Å². The van der Waals surface area contributed by atoms with E-state index in [1.807, 2.05) is 23.9 Å². The van der Waals surface area contributed by atoms with Gasteiger partial charge in [0, 0.05) is 17.8 Å². The van der Waals surface area contributed by atoms with Crippen molar-refractivity contribution in [3.05, 3.63) is 24.3 Å². The highest BCUT2D eigenvalue weighted by atomic mass is 32.2. The first-order valence-electron chi connectivity index (χ1n) is 6.91. The lowest BCUT2D eigenvalue weighted by atomic mass is 9.84. The van der Waals surface area contributed by atoms with Crippen molar-refractivity contribution in [2.75, 3.05) is 24.7 Å². The third-order valence-corrected chi connectivity index (χ3v) is 6.83. The molecular formula is C14H22N2O2S2. The minimum absolute atomic E-state index is 0.273. The molecule has 6 heteroatoms. The Morgan fingerprint density at radius 2 is 2.00 bits per heavy atom. The van der Waals surface area contributed by atoms with Crippen LogP contribution in [-0.2, 0) is 10.0 Å². The van der Waals surface area contributed by atoms with Gasteiger partial charge in [0.05, 0.1) is 5.69 Å². The molecule has 1 fully saturated rings. The number of hydrogen-bond donors (Lipinski definition) is 2. The maximum absolute atomic E-state index is 12.2. The van der Waals surface area contributed by atoms with E-state index in [2.05, 4.69) is 16.3 Å². The molecule has 0 radical (unpaired) electrons. The molecule has 0 heterocycles. The summed E-state index contributed by atoms with van der Waals surface area (Å²) in [5, 5.41) is 3.33. The van der Waals surface area contributed by atoms with Gasteiger partial charge < -0.3 is 5.32 Å². The zero-order chi connectivity index (χ0) is 14.6. The Morgan fingerprint density at radius 1 is 1.30 bits per heavy atom. The summed E-state index contributed by atoms with van der Waals surface area (Å²) in [5.74, 6) is 0. The van der Waals surface area contributed by atoms with Gasteiger partial charge in [0.2, 0.25) is 10.0 Å². The fourth-order valence-corrected chi connectivity index (χ4v) is 4.53. The molecule has 4 nitrogen and oxygen atoms in total. The van der Waals surface area contributed by atoms with Gasteiger partial charge in [-0.3, -0.25) is 0 Å². The minimum atomic E-state index is -3.42. The van der Waals surface area contributed by atoms with Crippen LogP contribution in [0, 0.1) is 0 Å². The molecule has 0 saturated heterocycles. The molecule has 1 saturated carbocycles. The first kappa shape index (κ1) is 15.7. The van der Waals surface area contributed by atoms with E-state index in [-0.39, 0.29) is 4.75 Å². The largest absolute Gasteiger partial charge is 0.383 e. The Morgan fingerprint density at radius 3 is 2.55 bits per heavy atom. The highest BCUT2D eigenvalue weighted by Crippen LogP contribution is 2.43. The predicted octanol–water partition coefficient (Wildman–Crippen LogP) is 2.68. The number of thioether (sulfide) groups is 1. The van der Waals surface area contributed by atoms with Crippen molar-refractivity contribution < 1.29 is 8.42 Å². The number of benzene rings is 1. The Bertz CT molecular complexity index is 549. The number of sulfonamides is 1. The number of nitrogens with one attached hydrogen (secondary N) is 2. The molecule has 112 valence electrons. The van der Waals surface area contributed by atoms with Crippen LogP contribution in [0.2, 0.25) is 0 Å². The second-order valence-corrected chi connectivity index (χ2v) is 8.10. The van der Waals surface area contributed by atoms with Crippen LogP contribution in [0.15, 0.2) is 29.2 Å². The zero-order valence-electron chi connectivity index (χ0n) is 12.0. The number of hydrogen-bond acceptors (Lipinski definition) is 4. The van der Waals surface area contributed by atoms with Crippen molar-refractivity contribution in [2.45, 2.75) is 35.8 Å². The Balaban J connectivity index is 2.16. The third-order valence-electron chi connectivity index (χ3n) is 3.81. The summed E-state index contributed by atoms with van der Waals surface area (Å²) < 4.78 is 27.2. The van der Waals surface area contributed by atoms with E-state index in [9.17, 15) is 8.42 Å². The summed E-state index contributed by atoms with van der Waals surface area (Å²) in [6.07, 6.45) is 5.79. The van der Waals surface area contributed by atoms with Gasteiger partial charge in [-0.15, -0.1) is 0 Å². The maximum atomic E-state index is 12.2. The van der Waals surface area contributed by atoms with Crippen LogP contribution in [0.5, 0.6) is 0 Å². The van der Waals surface area contributed by atoms with Crippen molar-refractivity contribution in [2.24, 2.45) is 0 Å². The van der Waals surface area contributed by atoms with E-state index in [1.54, 1.807) is 19.1 Å². The molecule has 0 aliphatic heterocycles. The van der Waals surface area contributed by atoms with Crippen LogP contribution in [0.25, 0.3) is 0 Å². The first-order valence-corrected chi connectivity index (χ1v) is 9.61. The van der Waals surface area contributed by atoms with Crippen molar-refractivity contribution in [3.8, 4) is 0 Å². The van der Waals surface area contributed by atoms with E-state index in [4.69, 9.17) is 0 Å². The molecular weight excluding hydrogens is 292 g/mol. The Kier molecular flexibility index (Phi) is 4.99. The Hall–Kier alpha value is -0.720. The van der Waals surface area contributed by atoms with Crippen LogP contribution in [-0.4, -0.2) is 32.5 Å². The fourth-order valence-electron chi connectivity index (χ4n) is 2.40.